The first-order chi connectivity index (χ1) is 7.41. The van der Waals surface area contributed by atoms with Crippen molar-refractivity contribution in [3.05, 3.63) is 23.6 Å². The molecule has 0 fully saturated rings. The topological polar surface area (TPSA) is 24.9 Å². The molecule has 2 nitrogen and oxygen atoms in total. The summed E-state index contributed by atoms with van der Waals surface area (Å²) in [6, 6.07) is 0.496. The molecule has 0 saturated carbocycles. The third-order valence-corrected chi connectivity index (χ3v) is 2.87. The second-order valence-electron chi connectivity index (χ2n) is 3.98. The van der Waals surface area contributed by atoms with E-state index in [4.69, 9.17) is 0 Å². The molecular weight excluding hydrogens is 217 g/mol. The molecule has 0 aromatic carbocycles. The van der Waals surface area contributed by atoms with Crippen LogP contribution in [0.15, 0.2) is 6.07 Å². The summed E-state index contributed by atoms with van der Waals surface area (Å²) in [5.41, 5.74) is -0.377. The van der Waals surface area contributed by atoms with E-state index < -0.39 is 17.6 Å². The molecule has 90 valence electrons. The molecule has 1 aromatic rings. The molecule has 0 unspecified atom stereocenters. The Morgan fingerprint density at radius 2 is 1.75 bits per heavy atom. The van der Waals surface area contributed by atoms with E-state index in [1.54, 1.807) is 0 Å². The van der Waals surface area contributed by atoms with Gasteiger partial charge in [-0.1, -0.05) is 13.8 Å². The zero-order valence-electron chi connectivity index (χ0n) is 9.57. The van der Waals surface area contributed by atoms with Gasteiger partial charge in [-0.3, -0.25) is 0 Å². The van der Waals surface area contributed by atoms with Crippen LogP contribution >= 0.6 is 0 Å². The number of nitrogens with zero attached hydrogens (tertiary/aromatic N) is 1. The van der Waals surface area contributed by atoms with E-state index in [0.717, 1.165) is 12.8 Å². The van der Waals surface area contributed by atoms with Gasteiger partial charge in [0.15, 0.2) is 17.5 Å². The van der Waals surface area contributed by atoms with Crippen LogP contribution < -0.4 is 5.32 Å². The highest BCUT2D eigenvalue weighted by molar-refractivity contribution is 5.39. The maximum atomic E-state index is 13.3. The normalized spacial score (nSPS) is 11.6. The van der Waals surface area contributed by atoms with Gasteiger partial charge in [-0.15, -0.1) is 0 Å². The molecule has 1 heterocycles. The molecule has 5 heteroatoms. The summed E-state index contributed by atoms with van der Waals surface area (Å²) in [4.78, 5) is 3.23. The van der Waals surface area contributed by atoms with Crippen LogP contribution in [0, 0.1) is 17.6 Å². The average molecular weight is 232 g/mol. The lowest BCUT2D eigenvalue weighted by Gasteiger charge is -2.28. The molecule has 0 amide bonds. The Labute approximate surface area is 92.9 Å². The van der Waals surface area contributed by atoms with Gasteiger partial charge >= 0.3 is 0 Å². The Kier molecular flexibility index (Phi) is 3.78. The van der Waals surface area contributed by atoms with Gasteiger partial charge in [-0.05, 0) is 19.8 Å². The highest BCUT2D eigenvalue weighted by Gasteiger charge is 2.22. The molecule has 0 atom stereocenters. The van der Waals surface area contributed by atoms with Crippen molar-refractivity contribution in [2.75, 3.05) is 5.32 Å². The van der Waals surface area contributed by atoms with Gasteiger partial charge in [0.05, 0.1) is 0 Å². The predicted octanol–water partition coefficient (Wildman–Crippen LogP) is 3.49. The van der Waals surface area contributed by atoms with Crippen LogP contribution in [-0.2, 0) is 0 Å². The third-order valence-electron chi connectivity index (χ3n) is 2.87. The maximum absolute atomic E-state index is 13.3. The lowest BCUT2D eigenvalue weighted by molar-refractivity contribution is 0.448. The highest BCUT2D eigenvalue weighted by Crippen LogP contribution is 2.23. The largest absolute Gasteiger partial charge is 0.362 e. The van der Waals surface area contributed by atoms with Crippen LogP contribution in [-0.4, -0.2) is 10.5 Å². The molecule has 0 aliphatic heterocycles. The zero-order chi connectivity index (χ0) is 12.3. The summed E-state index contributed by atoms with van der Waals surface area (Å²) in [6.07, 6.45) is 1.45. The van der Waals surface area contributed by atoms with Crippen LogP contribution in [0.2, 0.25) is 0 Å². The number of rotatable bonds is 4. The summed E-state index contributed by atoms with van der Waals surface area (Å²) in [5.74, 6) is -3.70. The second-order valence-corrected chi connectivity index (χ2v) is 3.98. The zero-order valence-corrected chi connectivity index (χ0v) is 9.57. The fourth-order valence-electron chi connectivity index (χ4n) is 1.24. The molecule has 0 bridgehead atoms. The van der Waals surface area contributed by atoms with Crippen LogP contribution in [0.25, 0.3) is 0 Å². The van der Waals surface area contributed by atoms with Gasteiger partial charge in [-0.25, -0.2) is 8.78 Å². The molecule has 0 radical (unpaired) electrons. The van der Waals surface area contributed by atoms with Crippen molar-refractivity contribution in [2.45, 2.75) is 39.2 Å². The molecule has 0 aliphatic rings. The predicted molar refractivity (Wildman–Crippen MR) is 56.7 cm³/mol. The first-order valence-corrected chi connectivity index (χ1v) is 5.21. The second kappa shape index (κ2) is 4.72. The molecule has 1 rings (SSSR count). The van der Waals surface area contributed by atoms with Crippen molar-refractivity contribution in [3.8, 4) is 0 Å². The Balaban J connectivity index is 3.01. The van der Waals surface area contributed by atoms with Gasteiger partial charge in [0.1, 0.15) is 0 Å². The first kappa shape index (κ1) is 12.8. The lowest BCUT2D eigenvalue weighted by atomic mass is 9.95. The summed E-state index contributed by atoms with van der Waals surface area (Å²) in [7, 11) is 0. The summed E-state index contributed by atoms with van der Waals surface area (Å²) < 4.78 is 38.8. The van der Waals surface area contributed by atoms with E-state index in [1.165, 1.54) is 0 Å². The van der Waals surface area contributed by atoms with Gasteiger partial charge in [-0.2, -0.15) is 9.37 Å². The standard InChI is InChI=1S/C11H15F3N2/c1-4-11(3,5-2)16-10-8(13)6-7(12)9(14)15-10/h6H,4-5H2,1-3H3,(H,15,16). The Bertz CT molecular complexity index is 376. The van der Waals surface area contributed by atoms with Crippen LogP contribution in [0.5, 0.6) is 0 Å². The molecule has 1 aromatic heterocycles. The number of aromatic nitrogens is 1. The molecule has 0 spiro atoms. The molecule has 1 N–H and O–H groups in total. The summed E-state index contributed by atoms with van der Waals surface area (Å²) in [6.45, 7) is 5.72. The van der Waals surface area contributed by atoms with Crippen molar-refractivity contribution in [1.82, 2.24) is 4.98 Å². The van der Waals surface area contributed by atoms with E-state index in [1.807, 2.05) is 20.8 Å². The molecule has 0 saturated heterocycles. The average Bonchev–Trinajstić information content (AvgIpc) is 2.25. The first-order valence-electron chi connectivity index (χ1n) is 5.21. The highest BCUT2D eigenvalue weighted by atomic mass is 19.2. The summed E-state index contributed by atoms with van der Waals surface area (Å²) >= 11 is 0. The monoisotopic (exact) mass is 232 g/mol. The molecular formula is C11H15F3N2. The van der Waals surface area contributed by atoms with Crippen molar-refractivity contribution in [2.24, 2.45) is 0 Å². The van der Waals surface area contributed by atoms with E-state index in [-0.39, 0.29) is 11.4 Å². The van der Waals surface area contributed by atoms with E-state index in [2.05, 4.69) is 10.3 Å². The van der Waals surface area contributed by atoms with Crippen molar-refractivity contribution in [1.29, 1.82) is 0 Å². The van der Waals surface area contributed by atoms with Crippen LogP contribution in [0.3, 0.4) is 0 Å². The Morgan fingerprint density at radius 3 is 2.25 bits per heavy atom. The number of halogens is 3. The number of hydrogen-bond acceptors (Lipinski definition) is 2. The summed E-state index contributed by atoms with van der Waals surface area (Å²) in [5, 5.41) is 2.80. The number of nitrogens with one attached hydrogen (secondary N) is 1. The van der Waals surface area contributed by atoms with Gasteiger partial charge in [0.2, 0.25) is 0 Å². The minimum atomic E-state index is -1.29. The maximum Gasteiger partial charge on any atom is 0.251 e. The van der Waals surface area contributed by atoms with Crippen LogP contribution in [0.4, 0.5) is 19.0 Å². The molecule has 16 heavy (non-hydrogen) atoms. The van der Waals surface area contributed by atoms with E-state index in [9.17, 15) is 13.2 Å². The van der Waals surface area contributed by atoms with Crippen molar-refractivity contribution in [3.63, 3.8) is 0 Å². The number of anilines is 1. The fraction of sp³-hybridized carbons (Fsp3) is 0.545. The van der Waals surface area contributed by atoms with Gasteiger partial charge in [0, 0.05) is 11.6 Å². The van der Waals surface area contributed by atoms with Gasteiger partial charge < -0.3 is 5.32 Å². The van der Waals surface area contributed by atoms with Crippen molar-refractivity contribution >= 4 is 5.82 Å². The molecule has 0 aliphatic carbocycles. The SMILES string of the molecule is CCC(C)(CC)Nc1nc(F)c(F)cc1F. The minimum absolute atomic E-state index is 0.245. The fourth-order valence-corrected chi connectivity index (χ4v) is 1.24. The Hall–Kier alpha value is -1.26. The minimum Gasteiger partial charge on any atom is -0.362 e. The quantitative estimate of drug-likeness (QED) is 0.804. The van der Waals surface area contributed by atoms with E-state index in [0.29, 0.717) is 6.07 Å². The van der Waals surface area contributed by atoms with E-state index >= 15 is 0 Å². The smallest absolute Gasteiger partial charge is 0.251 e. The van der Waals surface area contributed by atoms with Gasteiger partial charge in [0.25, 0.3) is 5.95 Å². The third kappa shape index (κ3) is 2.65. The van der Waals surface area contributed by atoms with Crippen LogP contribution in [0.1, 0.15) is 33.6 Å². The lowest BCUT2D eigenvalue weighted by Crippen LogP contribution is -2.34. The Morgan fingerprint density at radius 1 is 1.19 bits per heavy atom. The van der Waals surface area contributed by atoms with Crippen molar-refractivity contribution < 1.29 is 13.2 Å². The number of pyridine rings is 1. The number of hydrogen-bond donors (Lipinski definition) is 1.